The number of nitrogens with one attached hydrogen (secondary N) is 1. The van der Waals surface area contributed by atoms with E-state index >= 15 is 0 Å². The molecule has 0 saturated heterocycles. The quantitative estimate of drug-likeness (QED) is 0.503. The van der Waals surface area contributed by atoms with Gasteiger partial charge in [-0.3, -0.25) is 4.98 Å². The summed E-state index contributed by atoms with van der Waals surface area (Å²) in [5, 5.41) is 1.99. The lowest BCUT2D eigenvalue weighted by atomic mass is 10.0. The summed E-state index contributed by atoms with van der Waals surface area (Å²) in [5.41, 5.74) is 5.26. The number of aryl methyl sites for hydroxylation is 1. The van der Waals surface area contributed by atoms with Gasteiger partial charge < -0.3 is 4.98 Å². The number of fused-ring (bicyclic) bond motifs is 3. The lowest BCUT2D eigenvalue weighted by Gasteiger charge is -2.09. The van der Waals surface area contributed by atoms with Crippen LogP contribution in [0.4, 0.5) is 0 Å². The second-order valence-electron chi connectivity index (χ2n) is 6.49. The van der Waals surface area contributed by atoms with Crippen LogP contribution in [0.25, 0.3) is 33.1 Å². The Morgan fingerprint density at radius 1 is 1.15 bits per heavy atom. The topological polar surface area (TPSA) is 75.7 Å². The summed E-state index contributed by atoms with van der Waals surface area (Å²) in [5.74, 6) is 0.561. The molecule has 0 unspecified atom stereocenters. The highest BCUT2D eigenvalue weighted by atomic mass is 32.2. The van der Waals surface area contributed by atoms with Gasteiger partial charge in [0.2, 0.25) is 0 Å². The van der Waals surface area contributed by atoms with Crippen molar-refractivity contribution in [2.45, 2.75) is 24.5 Å². The van der Waals surface area contributed by atoms with Crippen LogP contribution < -0.4 is 0 Å². The van der Waals surface area contributed by atoms with E-state index in [1.165, 1.54) is 0 Å². The normalized spacial score (nSPS) is 12.1. The second-order valence-corrected chi connectivity index (χ2v) is 9.09. The van der Waals surface area contributed by atoms with E-state index in [1.54, 1.807) is 31.3 Å². The summed E-state index contributed by atoms with van der Waals surface area (Å²) in [6.07, 6.45) is 3.61. The van der Waals surface area contributed by atoms with Crippen molar-refractivity contribution in [1.82, 2.24) is 15.0 Å². The van der Waals surface area contributed by atoms with Gasteiger partial charge in [-0.1, -0.05) is 19.1 Å². The molecule has 7 heteroatoms. The standard InChI is InChI=1S/C20H19N3O2S2/c1-3-27(24,25)14-6-4-5-13(8-14)16-10-21-17(11-26)19-18(16)15-7-12(2)9-22-20(15)23-19/h4-10,26H,3,11H2,1-2H3,(H,22,23). The fraction of sp³-hybridized carbons (Fsp3) is 0.200. The highest BCUT2D eigenvalue weighted by molar-refractivity contribution is 7.91. The van der Waals surface area contributed by atoms with Crippen molar-refractivity contribution in [2.24, 2.45) is 0 Å². The highest BCUT2D eigenvalue weighted by Crippen LogP contribution is 2.36. The summed E-state index contributed by atoms with van der Waals surface area (Å²) in [6.45, 7) is 3.65. The Labute approximate surface area is 163 Å². The Kier molecular flexibility index (Phi) is 4.44. The van der Waals surface area contributed by atoms with Gasteiger partial charge in [-0.05, 0) is 36.2 Å². The maximum Gasteiger partial charge on any atom is 0.178 e. The van der Waals surface area contributed by atoms with Crippen LogP contribution in [0.15, 0.2) is 47.6 Å². The van der Waals surface area contributed by atoms with Gasteiger partial charge in [-0.25, -0.2) is 13.4 Å². The molecule has 4 rings (SSSR count). The molecule has 3 aromatic heterocycles. The number of thiol groups is 1. The number of benzene rings is 1. The molecule has 0 aliphatic rings. The number of aromatic nitrogens is 3. The predicted octanol–water partition coefficient (Wildman–Crippen LogP) is 4.31. The monoisotopic (exact) mass is 397 g/mol. The number of sulfone groups is 1. The zero-order valence-electron chi connectivity index (χ0n) is 15.0. The highest BCUT2D eigenvalue weighted by Gasteiger charge is 2.17. The van der Waals surface area contributed by atoms with Crippen molar-refractivity contribution >= 4 is 44.4 Å². The Morgan fingerprint density at radius 2 is 1.96 bits per heavy atom. The average molecular weight is 398 g/mol. The molecule has 0 aliphatic carbocycles. The van der Waals surface area contributed by atoms with Crippen LogP contribution in [0.2, 0.25) is 0 Å². The van der Waals surface area contributed by atoms with Crippen molar-refractivity contribution in [3.8, 4) is 11.1 Å². The predicted molar refractivity (Wildman–Crippen MR) is 112 cm³/mol. The van der Waals surface area contributed by atoms with Crippen LogP contribution in [0.3, 0.4) is 0 Å². The molecule has 0 fully saturated rings. The van der Waals surface area contributed by atoms with Crippen molar-refractivity contribution < 1.29 is 8.42 Å². The zero-order chi connectivity index (χ0) is 19.2. The second kappa shape index (κ2) is 6.65. The summed E-state index contributed by atoms with van der Waals surface area (Å²) >= 11 is 4.39. The average Bonchev–Trinajstić information content (AvgIpc) is 3.06. The summed E-state index contributed by atoms with van der Waals surface area (Å²) < 4.78 is 24.6. The van der Waals surface area contributed by atoms with Crippen molar-refractivity contribution in [3.05, 3.63) is 54.0 Å². The number of pyridine rings is 2. The van der Waals surface area contributed by atoms with Crippen LogP contribution >= 0.6 is 12.6 Å². The van der Waals surface area contributed by atoms with Gasteiger partial charge in [0, 0.05) is 34.5 Å². The van der Waals surface area contributed by atoms with E-state index in [9.17, 15) is 8.42 Å². The van der Waals surface area contributed by atoms with E-state index in [1.807, 2.05) is 19.2 Å². The van der Waals surface area contributed by atoms with Crippen molar-refractivity contribution in [2.75, 3.05) is 5.75 Å². The van der Waals surface area contributed by atoms with E-state index in [4.69, 9.17) is 0 Å². The molecule has 0 amide bonds. The first kappa shape index (κ1) is 18.0. The Morgan fingerprint density at radius 3 is 2.70 bits per heavy atom. The maximum atomic E-state index is 12.3. The summed E-state index contributed by atoms with van der Waals surface area (Å²) in [4.78, 5) is 12.7. The van der Waals surface area contributed by atoms with Crippen molar-refractivity contribution in [3.63, 3.8) is 0 Å². The molecule has 0 radical (unpaired) electrons. The van der Waals surface area contributed by atoms with Crippen LogP contribution in [-0.4, -0.2) is 29.1 Å². The minimum atomic E-state index is -3.28. The van der Waals surface area contributed by atoms with Crippen LogP contribution in [-0.2, 0) is 15.6 Å². The van der Waals surface area contributed by atoms with Crippen molar-refractivity contribution in [1.29, 1.82) is 0 Å². The SMILES string of the molecule is CCS(=O)(=O)c1cccc(-c2cnc(CS)c3[nH]c4ncc(C)cc4c23)c1. The van der Waals surface area contributed by atoms with Crippen LogP contribution in [0.5, 0.6) is 0 Å². The number of hydrogen-bond donors (Lipinski definition) is 2. The largest absolute Gasteiger partial charge is 0.338 e. The molecule has 0 atom stereocenters. The number of nitrogens with zero attached hydrogens (tertiary/aromatic N) is 2. The minimum Gasteiger partial charge on any atom is -0.338 e. The van der Waals surface area contributed by atoms with E-state index in [-0.39, 0.29) is 5.75 Å². The van der Waals surface area contributed by atoms with E-state index in [0.717, 1.165) is 44.3 Å². The number of H-pyrrole nitrogens is 1. The van der Waals surface area contributed by atoms with E-state index in [0.29, 0.717) is 10.6 Å². The fourth-order valence-corrected chi connectivity index (χ4v) is 4.47. The molecule has 27 heavy (non-hydrogen) atoms. The van der Waals surface area contributed by atoms with Gasteiger partial charge in [0.05, 0.1) is 21.9 Å². The van der Waals surface area contributed by atoms with Gasteiger partial charge in [-0.2, -0.15) is 12.6 Å². The number of aromatic amines is 1. The third-order valence-corrected chi connectivity index (χ3v) is 6.76. The molecule has 4 aromatic rings. The first-order chi connectivity index (χ1) is 12.9. The van der Waals surface area contributed by atoms with Crippen LogP contribution in [0, 0.1) is 6.92 Å². The molecule has 1 aromatic carbocycles. The van der Waals surface area contributed by atoms with Gasteiger partial charge in [0.15, 0.2) is 9.84 Å². The van der Waals surface area contributed by atoms with Gasteiger partial charge in [0.25, 0.3) is 0 Å². The number of hydrogen-bond acceptors (Lipinski definition) is 5. The van der Waals surface area contributed by atoms with Gasteiger partial charge in [-0.15, -0.1) is 0 Å². The lowest BCUT2D eigenvalue weighted by Crippen LogP contribution is -2.03. The third kappa shape index (κ3) is 3.00. The molecule has 3 heterocycles. The lowest BCUT2D eigenvalue weighted by molar-refractivity contribution is 0.597. The van der Waals surface area contributed by atoms with Gasteiger partial charge >= 0.3 is 0 Å². The molecule has 0 spiro atoms. The fourth-order valence-electron chi connectivity index (χ4n) is 3.31. The summed E-state index contributed by atoms with van der Waals surface area (Å²) in [7, 11) is -3.28. The third-order valence-electron chi connectivity index (χ3n) is 4.73. The Hall–Kier alpha value is -2.38. The molecule has 0 bridgehead atoms. The number of rotatable bonds is 4. The maximum absolute atomic E-state index is 12.3. The Bertz CT molecular complexity index is 1280. The zero-order valence-corrected chi connectivity index (χ0v) is 16.7. The molecule has 5 nitrogen and oxygen atoms in total. The smallest absolute Gasteiger partial charge is 0.178 e. The van der Waals surface area contributed by atoms with Gasteiger partial charge in [0.1, 0.15) is 5.65 Å². The molecule has 0 saturated carbocycles. The molecule has 0 aliphatic heterocycles. The summed E-state index contributed by atoms with van der Waals surface area (Å²) in [6, 6.07) is 9.12. The molecular formula is C20H19N3O2S2. The first-order valence-electron chi connectivity index (χ1n) is 8.64. The molecular weight excluding hydrogens is 378 g/mol. The van der Waals surface area contributed by atoms with E-state index < -0.39 is 9.84 Å². The minimum absolute atomic E-state index is 0.0684. The van der Waals surface area contributed by atoms with Crippen LogP contribution in [0.1, 0.15) is 18.2 Å². The molecule has 138 valence electrons. The molecule has 1 N–H and O–H groups in total. The first-order valence-corrected chi connectivity index (χ1v) is 10.9. The Balaban J connectivity index is 2.07. The van der Waals surface area contributed by atoms with E-state index in [2.05, 4.69) is 33.6 Å².